The summed E-state index contributed by atoms with van der Waals surface area (Å²) in [5.41, 5.74) is 0.280. The summed E-state index contributed by atoms with van der Waals surface area (Å²) in [7, 11) is 0. The third-order valence-electron chi connectivity index (χ3n) is 2.52. The van der Waals surface area contributed by atoms with Crippen LogP contribution in [-0.2, 0) is 14.4 Å². The van der Waals surface area contributed by atoms with Crippen LogP contribution in [0.3, 0.4) is 0 Å². The summed E-state index contributed by atoms with van der Waals surface area (Å²) in [5.74, 6) is -1.78. The van der Waals surface area contributed by atoms with E-state index in [0.717, 1.165) is 0 Å². The summed E-state index contributed by atoms with van der Waals surface area (Å²) in [6.45, 7) is 1.27. The topological polar surface area (TPSA) is 102 Å². The van der Waals surface area contributed by atoms with E-state index in [1.807, 2.05) is 10.6 Å². The Morgan fingerprint density at radius 3 is 2.05 bits per heavy atom. The van der Waals surface area contributed by atoms with Gasteiger partial charge < -0.3 is 4.74 Å². The van der Waals surface area contributed by atoms with Gasteiger partial charge in [0.25, 0.3) is 11.8 Å². The molecule has 1 aromatic rings. The van der Waals surface area contributed by atoms with Crippen LogP contribution in [0.4, 0.5) is 4.79 Å². The normalized spacial score (nSPS) is 14.3. The highest BCUT2D eigenvalue weighted by atomic mass is 79.9. The second kappa shape index (κ2) is 6.41. The van der Waals surface area contributed by atoms with Crippen LogP contribution in [0.5, 0.6) is 5.75 Å². The Kier molecular flexibility index (Phi) is 4.77. The molecule has 1 aromatic carbocycles. The zero-order valence-electron chi connectivity index (χ0n) is 11.0. The number of hydrogen-bond acceptors (Lipinski definition) is 5. The molecule has 1 heterocycles. The number of carbonyl (C=O) groups is 4. The van der Waals surface area contributed by atoms with Crippen molar-refractivity contribution in [3.05, 3.63) is 32.2 Å². The maximum atomic E-state index is 11.6. The van der Waals surface area contributed by atoms with Crippen LogP contribution < -0.4 is 15.4 Å². The Morgan fingerprint density at radius 2 is 1.59 bits per heavy atom. The summed E-state index contributed by atoms with van der Waals surface area (Å²) in [6, 6.07) is 2.26. The number of halogens is 2. The molecule has 0 aliphatic carbocycles. The van der Waals surface area contributed by atoms with Gasteiger partial charge in [-0.2, -0.15) is 0 Å². The number of barbiturate groups is 1. The van der Waals surface area contributed by atoms with Crippen molar-refractivity contribution in [3.8, 4) is 5.75 Å². The average molecular weight is 432 g/mol. The number of imide groups is 2. The van der Waals surface area contributed by atoms with Crippen molar-refractivity contribution in [2.45, 2.75) is 6.92 Å². The molecule has 0 bridgehead atoms. The monoisotopic (exact) mass is 430 g/mol. The van der Waals surface area contributed by atoms with E-state index < -0.39 is 23.8 Å². The van der Waals surface area contributed by atoms with Crippen molar-refractivity contribution in [2.24, 2.45) is 0 Å². The Hall–Kier alpha value is -2.00. The van der Waals surface area contributed by atoms with Crippen molar-refractivity contribution < 1.29 is 23.9 Å². The van der Waals surface area contributed by atoms with Gasteiger partial charge in [0.2, 0.25) is 0 Å². The van der Waals surface area contributed by atoms with Crippen molar-refractivity contribution in [3.63, 3.8) is 0 Å². The van der Waals surface area contributed by atoms with Crippen LogP contribution in [0.25, 0.3) is 6.08 Å². The van der Waals surface area contributed by atoms with E-state index in [1.165, 1.54) is 13.0 Å². The SMILES string of the molecule is CC(=O)Oc1c(Br)cc(C=C2C(=O)NC(=O)NC2=O)cc1Br. The van der Waals surface area contributed by atoms with Crippen LogP contribution in [0.1, 0.15) is 12.5 Å². The molecule has 2 rings (SSSR count). The maximum Gasteiger partial charge on any atom is 0.328 e. The maximum absolute atomic E-state index is 11.6. The summed E-state index contributed by atoms with van der Waals surface area (Å²) in [6.07, 6.45) is 1.31. The number of urea groups is 1. The molecule has 22 heavy (non-hydrogen) atoms. The second-order valence-electron chi connectivity index (χ2n) is 4.20. The summed E-state index contributed by atoms with van der Waals surface area (Å²) < 4.78 is 5.93. The smallest absolute Gasteiger partial charge is 0.328 e. The average Bonchev–Trinajstić information content (AvgIpc) is 2.38. The lowest BCUT2D eigenvalue weighted by Crippen LogP contribution is -2.51. The standard InChI is InChI=1S/C13H8Br2N2O5/c1-5(18)22-10-8(14)3-6(4-9(10)15)2-7-11(19)16-13(21)17-12(7)20/h2-4H,1H3,(H2,16,17,19,20,21). The third kappa shape index (κ3) is 3.60. The first-order valence-electron chi connectivity index (χ1n) is 5.83. The fourth-order valence-electron chi connectivity index (χ4n) is 1.68. The predicted octanol–water partition coefficient (Wildman–Crippen LogP) is 1.89. The zero-order valence-corrected chi connectivity index (χ0v) is 14.2. The van der Waals surface area contributed by atoms with Gasteiger partial charge in [-0.05, 0) is 55.6 Å². The van der Waals surface area contributed by atoms with Gasteiger partial charge in [-0.15, -0.1) is 0 Å². The number of ether oxygens (including phenoxy) is 1. The van der Waals surface area contributed by atoms with Crippen molar-refractivity contribution in [1.29, 1.82) is 0 Å². The molecule has 9 heteroatoms. The van der Waals surface area contributed by atoms with Crippen LogP contribution in [0.2, 0.25) is 0 Å². The molecule has 1 fully saturated rings. The molecule has 4 amide bonds. The predicted molar refractivity (Wildman–Crippen MR) is 82.8 cm³/mol. The Labute approximate surface area is 141 Å². The van der Waals surface area contributed by atoms with Gasteiger partial charge in [0.05, 0.1) is 8.95 Å². The lowest BCUT2D eigenvalue weighted by molar-refractivity contribution is -0.132. The van der Waals surface area contributed by atoms with Crippen molar-refractivity contribution >= 4 is 61.8 Å². The number of amides is 4. The first kappa shape index (κ1) is 16.4. The highest BCUT2D eigenvalue weighted by Gasteiger charge is 2.27. The van der Waals surface area contributed by atoms with Crippen LogP contribution in [0.15, 0.2) is 26.7 Å². The van der Waals surface area contributed by atoms with Crippen molar-refractivity contribution in [2.75, 3.05) is 0 Å². The Morgan fingerprint density at radius 1 is 1.09 bits per heavy atom. The molecule has 0 aromatic heterocycles. The molecule has 2 N–H and O–H groups in total. The van der Waals surface area contributed by atoms with Crippen LogP contribution in [-0.4, -0.2) is 23.8 Å². The second-order valence-corrected chi connectivity index (χ2v) is 5.91. The summed E-state index contributed by atoms with van der Waals surface area (Å²) in [4.78, 5) is 45.3. The van der Waals surface area contributed by atoms with Gasteiger partial charge in [0.15, 0.2) is 5.75 Å². The third-order valence-corrected chi connectivity index (χ3v) is 3.70. The summed E-state index contributed by atoms with van der Waals surface area (Å²) >= 11 is 6.48. The van der Waals surface area contributed by atoms with Gasteiger partial charge in [-0.25, -0.2) is 4.79 Å². The lowest BCUT2D eigenvalue weighted by atomic mass is 10.1. The van der Waals surface area contributed by atoms with Gasteiger partial charge in [-0.1, -0.05) is 0 Å². The van der Waals surface area contributed by atoms with E-state index >= 15 is 0 Å². The molecular weight excluding hydrogens is 424 g/mol. The molecular formula is C13H8Br2N2O5. The first-order valence-corrected chi connectivity index (χ1v) is 7.42. The fourth-order valence-corrected chi connectivity index (χ4v) is 3.06. The Bertz CT molecular complexity index is 697. The minimum absolute atomic E-state index is 0.210. The number of carbonyl (C=O) groups excluding carboxylic acids is 4. The van der Waals surface area contributed by atoms with Gasteiger partial charge in [-0.3, -0.25) is 25.0 Å². The van der Waals surface area contributed by atoms with Gasteiger partial charge in [0.1, 0.15) is 5.57 Å². The molecule has 1 aliphatic heterocycles. The highest BCUT2D eigenvalue weighted by Crippen LogP contribution is 2.35. The van der Waals surface area contributed by atoms with Crippen molar-refractivity contribution in [1.82, 2.24) is 10.6 Å². The molecule has 1 aliphatic rings. The Balaban J connectivity index is 2.40. The summed E-state index contributed by atoms with van der Waals surface area (Å²) in [5, 5.41) is 3.95. The molecule has 7 nitrogen and oxygen atoms in total. The van der Waals surface area contributed by atoms with Gasteiger partial charge in [0, 0.05) is 6.92 Å². The van der Waals surface area contributed by atoms with E-state index in [2.05, 4.69) is 31.9 Å². The molecule has 0 saturated carbocycles. The largest absolute Gasteiger partial charge is 0.424 e. The van der Waals surface area contributed by atoms with E-state index in [1.54, 1.807) is 12.1 Å². The number of esters is 1. The van der Waals surface area contributed by atoms with Crippen LogP contribution >= 0.6 is 31.9 Å². The minimum atomic E-state index is -0.861. The first-order chi connectivity index (χ1) is 10.3. The molecule has 1 saturated heterocycles. The minimum Gasteiger partial charge on any atom is -0.424 e. The van der Waals surface area contributed by atoms with E-state index in [-0.39, 0.29) is 11.3 Å². The zero-order chi connectivity index (χ0) is 16.4. The number of benzene rings is 1. The highest BCUT2D eigenvalue weighted by molar-refractivity contribution is 9.11. The lowest BCUT2D eigenvalue weighted by Gasteiger charge is -2.14. The molecule has 114 valence electrons. The number of nitrogens with one attached hydrogen (secondary N) is 2. The number of rotatable bonds is 2. The quantitative estimate of drug-likeness (QED) is 0.322. The molecule has 0 unspecified atom stereocenters. The van der Waals surface area contributed by atoms with E-state index in [4.69, 9.17) is 4.74 Å². The van der Waals surface area contributed by atoms with Gasteiger partial charge >= 0.3 is 12.0 Å². The van der Waals surface area contributed by atoms with E-state index in [0.29, 0.717) is 14.5 Å². The number of hydrogen-bond donors (Lipinski definition) is 2. The molecule has 0 radical (unpaired) electrons. The fraction of sp³-hybridized carbons (Fsp3) is 0.0769. The van der Waals surface area contributed by atoms with E-state index in [9.17, 15) is 19.2 Å². The molecule has 0 spiro atoms. The van der Waals surface area contributed by atoms with Crippen LogP contribution in [0, 0.1) is 0 Å². The molecule has 0 atom stereocenters.